The molecule has 2 nitrogen and oxygen atoms in total. The fourth-order valence-electron chi connectivity index (χ4n) is 2.03. The van der Waals surface area contributed by atoms with E-state index < -0.39 is 0 Å². The summed E-state index contributed by atoms with van der Waals surface area (Å²) in [4.78, 5) is 0. The highest BCUT2D eigenvalue weighted by molar-refractivity contribution is 4.84. The SMILES string of the molecule is CC(C)C1(CCC(C)(C)C)OCC(C)(C)CO1. The summed E-state index contributed by atoms with van der Waals surface area (Å²) in [5.41, 5.74) is 0.488. The first kappa shape index (κ1) is 15.0. The summed E-state index contributed by atoms with van der Waals surface area (Å²) in [5.74, 6) is 0.0453. The molecule has 0 N–H and O–H groups in total. The van der Waals surface area contributed by atoms with Gasteiger partial charge in [0.15, 0.2) is 5.79 Å². The van der Waals surface area contributed by atoms with Crippen molar-refractivity contribution in [3.05, 3.63) is 0 Å². The van der Waals surface area contributed by atoms with E-state index in [4.69, 9.17) is 9.47 Å². The van der Waals surface area contributed by atoms with Crippen molar-refractivity contribution in [1.82, 2.24) is 0 Å². The summed E-state index contributed by atoms with van der Waals surface area (Å²) >= 11 is 0. The highest BCUT2D eigenvalue weighted by atomic mass is 16.7. The highest BCUT2D eigenvalue weighted by Crippen LogP contribution is 2.39. The lowest BCUT2D eigenvalue weighted by Crippen LogP contribution is -2.51. The molecule has 0 aromatic rings. The van der Waals surface area contributed by atoms with E-state index in [0.717, 1.165) is 26.1 Å². The van der Waals surface area contributed by atoms with Crippen molar-refractivity contribution in [2.75, 3.05) is 13.2 Å². The van der Waals surface area contributed by atoms with Gasteiger partial charge in [-0.2, -0.15) is 0 Å². The molecule has 1 aliphatic heterocycles. The van der Waals surface area contributed by atoms with E-state index in [1.165, 1.54) is 0 Å². The van der Waals surface area contributed by atoms with Crippen LogP contribution in [-0.2, 0) is 9.47 Å². The number of ether oxygens (including phenoxy) is 2. The minimum atomic E-state index is -0.358. The Labute approximate surface area is 107 Å². The molecular formula is C15H30O2. The maximum Gasteiger partial charge on any atom is 0.170 e. The van der Waals surface area contributed by atoms with Gasteiger partial charge >= 0.3 is 0 Å². The Morgan fingerprint density at radius 3 is 1.88 bits per heavy atom. The lowest BCUT2D eigenvalue weighted by Gasteiger charge is -2.46. The Morgan fingerprint density at radius 1 is 1.06 bits per heavy atom. The van der Waals surface area contributed by atoms with E-state index in [2.05, 4.69) is 48.5 Å². The predicted molar refractivity (Wildman–Crippen MR) is 71.9 cm³/mol. The largest absolute Gasteiger partial charge is 0.349 e. The molecule has 0 aliphatic carbocycles. The van der Waals surface area contributed by atoms with Gasteiger partial charge in [-0.05, 0) is 11.8 Å². The Kier molecular flexibility index (Phi) is 4.31. The topological polar surface area (TPSA) is 18.5 Å². The minimum absolute atomic E-state index is 0.153. The Bertz CT molecular complexity index is 238. The van der Waals surface area contributed by atoms with Crippen molar-refractivity contribution in [2.45, 2.75) is 67.1 Å². The van der Waals surface area contributed by atoms with Gasteiger partial charge in [0, 0.05) is 17.8 Å². The lowest BCUT2D eigenvalue weighted by molar-refractivity contribution is -0.322. The molecule has 0 bridgehead atoms. The van der Waals surface area contributed by atoms with Gasteiger partial charge in [0.1, 0.15) is 0 Å². The molecule has 0 amide bonds. The predicted octanol–water partition coefficient (Wildman–Crippen LogP) is 4.24. The van der Waals surface area contributed by atoms with E-state index in [-0.39, 0.29) is 11.2 Å². The zero-order chi connectivity index (χ0) is 13.3. The van der Waals surface area contributed by atoms with E-state index in [1.54, 1.807) is 0 Å². The third kappa shape index (κ3) is 4.26. The molecule has 0 aromatic heterocycles. The maximum absolute atomic E-state index is 6.12. The van der Waals surface area contributed by atoms with Crippen LogP contribution in [0.1, 0.15) is 61.3 Å². The van der Waals surface area contributed by atoms with Gasteiger partial charge in [-0.1, -0.05) is 48.5 Å². The van der Waals surface area contributed by atoms with E-state index in [9.17, 15) is 0 Å². The summed E-state index contributed by atoms with van der Waals surface area (Å²) in [7, 11) is 0. The molecule has 0 radical (unpaired) electrons. The monoisotopic (exact) mass is 242 g/mol. The van der Waals surface area contributed by atoms with Crippen LogP contribution in [-0.4, -0.2) is 19.0 Å². The molecule has 0 aromatic carbocycles. The highest BCUT2D eigenvalue weighted by Gasteiger charge is 2.43. The molecule has 1 aliphatic rings. The van der Waals surface area contributed by atoms with Crippen LogP contribution in [0.5, 0.6) is 0 Å². The fraction of sp³-hybridized carbons (Fsp3) is 1.00. The van der Waals surface area contributed by atoms with Crippen LogP contribution >= 0.6 is 0 Å². The van der Waals surface area contributed by atoms with Crippen molar-refractivity contribution < 1.29 is 9.47 Å². The van der Waals surface area contributed by atoms with Crippen LogP contribution < -0.4 is 0 Å². The van der Waals surface area contributed by atoms with Crippen LogP contribution in [0.15, 0.2) is 0 Å². The Morgan fingerprint density at radius 2 is 1.53 bits per heavy atom. The van der Waals surface area contributed by atoms with Crippen molar-refractivity contribution in [2.24, 2.45) is 16.7 Å². The summed E-state index contributed by atoms with van der Waals surface area (Å²) in [6.45, 7) is 17.2. The number of hydrogen-bond donors (Lipinski definition) is 0. The van der Waals surface area contributed by atoms with Gasteiger partial charge < -0.3 is 9.47 Å². The zero-order valence-electron chi connectivity index (χ0n) is 12.7. The molecule has 1 rings (SSSR count). The van der Waals surface area contributed by atoms with E-state index in [0.29, 0.717) is 11.3 Å². The fourth-order valence-corrected chi connectivity index (χ4v) is 2.03. The summed E-state index contributed by atoms with van der Waals surface area (Å²) < 4.78 is 12.2. The normalized spacial score (nSPS) is 24.0. The second-order valence-electron chi connectivity index (χ2n) is 7.77. The minimum Gasteiger partial charge on any atom is -0.349 e. The Hall–Kier alpha value is -0.0800. The Balaban J connectivity index is 2.66. The second-order valence-corrected chi connectivity index (χ2v) is 7.77. The molecule has 1 heterocycles. The van der Waals surface area contributed by atoms with E-state index >= 15 is 0 Å². The third-order valence-corrected chi connectivity index (χ3v) is 3.52. The second kappa shape index (κ2) is 4.89. The first-order chi connectivity index (χ1) is 7.56. The van der Waals surface area contributed by atoms with Gasteiger partial charge in [-0.3, -0.25) is 0 Å². The standard InChI is InChI=1S/C15H30O2/c1-12(2)15(9-8-13(3,4)5)16-10-14(6,7)11-17-15/h12H,8-11H2,1-7H3. The van der Waals surface area contributed by atoms with Crippen LogP contribution in [0.3, 0.4) is 0 Å². The molecular weight excluding hydrogens is 212 g/mol. The van der Waals surface area contributed by atoms with Crippen LogP contribution in [0.2, 0.25) is 0 Å². The molecule has 102 valence electrons. The van der Waals surface area contributed by atoms with E-state index in [1.807, 2.05) is 0 Å². The molecule has 1 saturated heterocycles. The zero-order valence-corrected chi connectivity index (χ0v) is 12.7. The average molecular weight is 242 g/mol. The summed E-state index contributed by atoms with van der Waals surface area (Å²) in [5, 5.41) is 0. The third-order valence-electron chi connectivity index (χ3n) is 3.52. The summed E-state index contributed by atoms with van der Waals surface area (Å²) in [6, 6.07) is 0. The van der Waals surface area contributed by atoms with Gasteiger partial charge in [-0.15, -0.1) is 0 Å². The maximum atomic E-state index is 6.12. The molecule has 17 heavy (non-hydrogen) atoms. The quantitative estimate of drug-likeness (QED) is 0.737. The first-order valence-corrected chi connectivity index (χ1v) is 6.84. The van der Waals surface area contributed by atoms with Gasteiger partial charge in [0.25, 0.3) is 0 Å². The van der Waals surface area contributed by atoms with Gasteiger partial charge in [-0.25, -0.2) is 0 Å². The summed E-state index contributed by atoms with van der Waals surface area (Å²) in [6.07, 6.45) is 2.12. The molecule has 0 atom stereocenters. The number of hydrogen-bond acceptors (Lipinski definition) is 2. The molecule has 0 spiro atoms. The first-order valence-electron chi connectivity index (χ1n) is 6.84. The smallest absolute Gasteiger partial charge is 0.170 e. The van der Waals surface area contributed by atoms with Crippen molar-refractivity contribution in [3.8, 4) is 0 Å². The molecule has 1 fully saturated rings. The van der Waals surface area contributed by atoms with Crippen LogP contribution in [0.25, 0.3) is 0 Å². The van der Waals surface area contributed by atoms with Crippen LogP contribution in [0, 0.1) is 16.7 Å². The van der Waals surface area contributed by atoms with Crippen molar-refractivity contribution in [1.29, 1.82) is 0 Å². The van der Waals surface area contributed by atoms with Gasteiger partial charge in [0.05, 0.1) is 13.2 Å². The van der Waals surface area contributed by atoms with Gasteiger partial charge in [0.2, 0.25) is 0 Å². The van der Waals surface area contributed by atoms with Crippen LogP contribution in [0.4, 0.5) is 0 Å². The lowest BCUT2D eigenvalue weighted by atomic mass is 9.84. The molecule has 2 heteroatoms. The average Bonchev–Trinajstić information content (AvgIpc) is 2.15. The van der Waals surface area contributed by atoms with Crippen molar-refractivity contribution in [3.63, 3.8) is 0 Å². The molecule has 0 unspecified atom stereocenters. The molecule has 0 saturated carbocycles. The van der Waals surface area contributed by atoms with Crippen molar-refractivity contribution >= 4 is 0 Å². The number of rotatable bonds is 3.